The molecule has 0 aromatic carbocycles. The van der Waals surface area contributed by atoms with Crippen LogP contribution in [-0.2, 0) is 0 Å². The summed E-state index contributed by atoms with van der Waals surface area (Å²) in [5.74, 6) is 0.215. The first-order valence-electron chi connectivity index (χ1n) is 3.93. The van der Waals surface area contributed by atoms with Crippen molar-refractivity contribution in [2.24, 2.45) is 0 Å². The van der Waals surface area contributed by atoms with Crippen molar-refractivity contribution < 1.29 is 8.83 Å². The Hall–Kier alpha value is -2.10. The Bertz CT molecular complexity index is 550. The van der Waals surface area contributed by atoms with Crippen molar-refractivity contribution in [3.05, 3.63) is 57.4 Å². The van der Waals surface area contributed by atoms with E-state index in [1.54, 1.807) is 0 Å². The predicted octanol–water partition coefficient (Wildman–Crippen LogP) is 1.26. The Labute approximate surface area is 78.4 Å². The summed E-state index contributed by atoms with van der Waals surface area (Å²) < 4.78 is 9.84. The van der Waals surface area contributed by atoms with E-state index in [1.807, 2.05) is 0 Å². The predicted molar refractivity (Wildman–Crippen MR) is 49.0 cm³/mol. The average molecular weight is 190 g/mol. The molecule has 70 valence electrons. The summed E-state index contributed by atoms with van der Waals surface area (Å²) in [6.45, 7) is 0. The molecule has 4 heteroatoms. The highest BCUT2D eigenvalue weighted by atomic mass is 16.3. The molecular weight excluding hydrogens is 184 g/mol. The molecule has 0 radical (unpaired) electrons. The normalized spacial score (nSPS) is 10.0. The summed E-state index contributed by atoms with van der Waals surface area (Å²) in [7, 11) is 0. The Morgan fingerprint density at radius 3 is 2.64 bits per heavy atom. The van der Waals surface area contributed by atoms with E-state index in [0.717, 1.165) is 0 Å². The van der Waals surface area contributed by atoms with Gasteiger partial charge in [0, 0.05) is 18.2 Å². The summed E-state index contributed by atoms with van der Waals surface area (Å²) >= 11 is 0. The Morgan fingerprint density at radius 2 is 1.93 bits per heavy atom. The molecule has 4 nitrogen and oxygen atoms in total. The Kier molecular flexibility index (Phi) is 2.02. The molecule has 2 aromatic heterocycles. The lowest BCUT2D eigenvalue weighted by Gasteiger charge is -1.95. The first kappa shape index (κ1) is 8.50. The average Bonchev–Trinajstić information content (AvgIpc) is 2.18. The van der Waals surface area contributed by atoms with Crippen molar-refractivity contribution in [2.75, 3.05) is 0 Å². The minimum absolute atomic E-state index is 0.213. The quantitative estimate of drug-likeness (QED) is 0.679. The van der Waals surface area contributed by atoms with Gasteiger partial charge < -0.3 is 8.83 Å². The van der Waals surface area contributed by atoms with E-state index in [4.69, 9.17) is 8.83 Å². The smallest absolute Gasteiger partial charge is 0.195 e. The molecule has 0 N–H and O–H groups in total. The second-order valence-electron chi connectivity index (χ2n) is 2.67. The monoisotopic (exact) mass is 190 g/mol. The molecule has 0 atom stereocenters. The standard InChI is InChI=1S/C10H6O4/c11-7-1-4-14-10(5-7)8-6-13-3-2-9(8)12/h1-6H. The Balaban J connectivity index is 2.67. The van der Waals surface area contributed by atoms with Crippen LogP contribution in [0.15, 0.2) is 55.4 Å². The maximum absolute atomic E-state index is 11.3. The third-order valence-electron chi connectivity index (χ3n) is 1.72. The highest BCUT2D eigenvalue weighted by Gasteiger charge is 2.05. The summed E-state index contributed by atoms with van der Waals surface area (Å²) in [6.07, 6.45) is 3.76. The van der Waals surface area contributed by atoms with Gasteiger partial charge in [0.05, 0.1) is 18.1 Å². The fourth-order valence-corrected chi connectivity index (χ4v) is 1.06. The molecule has 0 aliphatic heterocycles. The number of hydrogen-bond acceptors (Lipinski definition) is 4. The van der Waals surface area contributed by atoms with Crippen molar-refractivity contribution in [1.29, 1.82) is 0 Å². The molecule has 0 spiro atoms. The zero-order valence-electron chi connectivity index (χ0n) is 7.10. The van der Waals surface area contributed by atoms with Gasteiger partial charge in [-0.25, -0.2) is 0 Å². The summed E-state index contributed by atoms with van der Waals surface area (Å²) in [5.41, 5.74) is -0.217. The van der Waals surface area contributed by atoms with Gasteiger partial charge in [-0.15, -0.1) is 0 Å². The van der Waals surface area contributed by atoms with E-state index in [9.17, 15) is 9.59 Å². The van der Waals surface area contributed by atoms with Crippen molar-refractivity contribution in [2.45, 2.75) is 0 Å². The van der Waals surface area contributed by atoms with Crippen LogP contribution in [0, 0.1) is 0 Å². The van der Waals surface area contributed by atoms with Gasteiger partial charge in [0.1, 0.15) is 12.0 Å². The van der Waals surface area contributed by atoms with Crippen LogP contribution in [0.5, 0.6) is 0 Å². The second-order valence-corrected chi connectivity index (χ2v) is 2.67. The Morgan fingerprint density at radius 1 is 1.07 bits per heavy atom. The molecular formula is C10H6O4. The molecule has 2 heterocycles. The van der Waals surface area contributed by atoms with Gasteiger partial charge >= 0.3 is 0 Å². The van der Waals surface area contributed by atoms with Crippen LogP contribution < -0.4 is 10.9 Å². The molecule has 14 heavy (non-hydrogen) atoms. The summed E-state index contributed by atoms with van der Waals surface area (Å²) in [4.78, 5) is 22.3. The van der Waals surface area contributed by atoms with Gasteiger partial charge in [-0.3, -0.25) is 9.59 Å². The molecule has 2 aromatic rings. The SMILES string of the molecule is O=c1ccoc(-c2coccc2=O)c1. The van der Waals surface area contributed by atoms with E-state index < -0.39 is 0 Å². The lowest BCUT2D eigenvalue weighted by Crippen LogP contribution is -2.03. The maximum atomic E-state index is 11.3. The molecule has 0 unspecified atom stereocenters. The van der Waals surface area contributed by atoms with Crippen molar-refractivity contribution >= 4 is 0 Å². The minimum Gasteiger partial charge on any atom is -0.472 e. The first-order chi connectivity index (χ1) is 6.77. The highest BCUT2D eigenvalue weighted by Crippen LogP contribution is 2.11. The van der Waals surface area contributed by atoms with E-state index in [2.05, 4.69) is 0 Å². The number of hydrogen-bond donors (Lipinski definition) is 0. The molecule has 0 aliphatic rings. The van der Waals surface area contributed by atoms with E-state index in [-0.39, 0.29) is 22.2 Å². The molecule has 0 bridgehead atoms. The third-order valence-corrected chi connectivity index (χ3v) is 1.72. The van der Waals surface area contributed by atoms with Crippen LogP contribution in [0.25, 0.3) is 11.3 Å². The molecule has 0 saturated carbocycles. The van der Waals surface area contributed by atoms with Crippen molar-refractivity contribution in [3.63, 3.8) is 0 Å². The lowest BCUT2D eigenvalue weighted by molar-refractivity contribution is 0.534. The van der Waals surface area contributed by atoms with Gasteiger partial charge in [0.2, 0.25) is 0 Å². The molecule has 0 fully saturated rings. The molecule has 0 aliphatic carbocycles. The van der Waals surface area contributed by atoms with Crippen LogP contribution in [0.3, 0.4) is 0 Å². The molecule has 0 amide bonds. The van der Waals surface area contributed by atoms with Gasteiger partial charge in [-0.1, -0.05) is 0 Å². The van der Waals surface area contributed by atoms with Crippen molar-refractivity contribution in [1.82, 2.24) is 0 Å². The van der Waals surface area contributed by atoms with Crippen molar-refractivity contribution in [3.8, 4) is 11.3 Å². The van der Waals surface area contributed by atoms with Crippen LogP contribution in [-0.4, -0.2) is 0 Å². The largest absolute Gasteiger partial charge is 0.472 e. The zero-order valence-corrected chi connectivity index (χ0v) is 7.10. The van der Waals surface area contributed by atoms with Crippen LogP contribution in [0.2, 0.25) is 0 Å². The van der Waals surface area contributed by atoms with Crippen LogP contribution >= 0.6 is 0 Å². The maximum Gasteiger partial charge on any atom is 0.195 e. The van der Waals surface area contributed by atoms with Gasteiger partial charge in [0.15, 0.2) is 10.9 Å². The van der Waals surface area contributed by atoms with E-state index in [1.165, 1.54) is 37.0 Å². The highest BCUT2D eigenvalue weighted by molar-refractivity contribution is 5.54. The third kappa shape index (κ3) is 1.50. The fraction of sp³-hybridized carbons (Fsp3) is 0. The van der Waals surface area contributed by atoms with E-state index in [0.29, 0.717) is 0 Å². The lowest BCUT2D eigenvalue weighted by atomic mass is 10.2. The van der Waals surface area contributed by atoms with Crippen LogP contribution in [0.1, 0.15) is 0 Å². The van der Waals surface area contributed by atoms with Gasteiger partial charge in [-0.2, -0.15) is 0 Å². The van der Waals surface area contributed by atoms with E-state index >= 15 is 0 Å². The minimum atomic E-state index is -0.245. The van der Waals surface area contributed by atoms with Gasteiger partial charge in [-0.05, 0) is 0 Å². The van der Waals surface area contributed by atoms with Gasteiger partial charge in [0.25, 0.3) is 0 Å². The second kappa shape index (κ2) is 3.33. The number of rotatable bonds is 1. The summed E-state index contributed by atoms with van der Waals surface area (Å²) in [5, 5.41) is 0. The molecule has 0 saturated heterocycles. The topological polar surface area (TPSA) is 60.4 Å². The fourth-order valence-electron chi connectivity index (χ4n) is 1.06. The zero-order chi connectivity index (χ0) is 9.97. The van der Waals surface area contributed by atoms with Crippen LogP contribution in [0.4, 0.5) is 0 Å². The first-order valence-corrected chi connectivity index (χ1v) is 3.93. The summed E-state index contributed by atoms with van der Waals surface area (Å²) in [6, 6.07) is 3.78. The molecule has 2 rings (SSSR count).